The molecule has 0 radical (unpaired) electrons. The van der Waals surface area contributed by atoms with E-state index in [2.05, 4.69) is 0 Å². The molecule has 1 N–H and O–H groups in total. The van der Waals surface area contributed by atoms with Gasteiger partial charge in [-0.15, -0.1) is 0 Å². The number of hydrogen-bond acceptors (Lipinski definition) is 3. The van der Waals surface area contributed by atoms with Crippen LogP contribution in [0, 0.1) is 11.8 Å². The molecule has 0 amide bonds. The summed E-state index contributed by atoms with van der Waals surface area (Å²) in [5, 5.41) is 10.6. The molecule has 2 aromatic carbocycles. The van der Waals surface area contributed by atoms with E-state index in [0.29, 0.717) is 5.56 Å². The fourth-order valence-corrected chi connectivity index (χ4v) is 3.61. The van der Waals surface area contributed by atoms with Gasteiger partial charge in [-0.1, -0.05) is 48.9 Å². The van der Waals surface area contributed by atoms with Gasteiger partial charge in [-0.05, 0) is 48.6 Å². The van der Waals surface area contributed by atoms with E-state index in [1.165, 1.54) is 0 Å². The fourth-order valence-electron chi connectivity index (χ4n) is 3.61. The van der Waals surface area contributed by atoms with Crippen molar-refractivity contribution in [2.75, 3.05) is 7.11 Å². The average Bonchev–Trinajstić information content (AvgIpc) is 3.16. The summed E-state index contributed by atoms with van der Waals surface area (Å²) >= 11 is 0. The van der Waals surface area contributed by atoms with Crippen LogP contribution in [-0.2, 0) is 0 Å². The zero-order chi connectivity index (χ0) is 17.6. The molecule has 0 aliphatic heterocycles. The van der Waals surface area contributed by atoms with Gasteiger partial charge in [0.25, 0.3) is 0 Å². The summed E-state index contributed by atoms with van der Waals surface area (Å²) in [7, 11) is 1.61. The van der Waals surface area contributed by atoms with Crippen LogP contribution in [0.15, 0.2) is 60.7 Å². The molecule has 0 heterocycles. The van der Waals surface area contributed by atoms with Crippen LogP contribution in [0.4, 0.5) is 0 Å². The third-order valence-electron chi connectivity index (χ3n) is 5.00. The molecule has 3 rings (SSSR count). The topological polar surface area (TPSA) is 46.5 Å². The van der Waals surface area contributed by atoms with E-state index in [1.54, 1.807) is 7.11 Å². The van der Waals surface area contributed by atoms with Crippen molar-refractivity contribution in [2.24, 2.45) is 11.8 Å². The number of methoxy groups -OCH3 is 1. The standard InChI is InChI=1S/C22H24O3/c1-25-18-13-11-17(12-14-18)22(24)20-9-5-8-19(20)21(23)15-10-16-6-3-2-4-7-16/h2-4,6-7,10-15,19-21,23H,5,8-9H2,1H3/b15-10+/t19-,20-,21+/m0/s1. The Balaban J connectivity index is 1.70. The second-order valence-electron chi connectivity index (χ2n) is 6.55. The summed E-state index contributed by atoms with van der Waals surface area (Å²) in [5.41, 5.74) is 1.74. The first-order chi connectivity index (χ1) is 12.2. The largest absolute Gasteiger partial charge is 0.497 e. The highest BCUT2D eigenvalue weighted by Crippen LogP contribution is 2.37. The molecule has 130 valence electrons. The minimum absolute atomic E-state index is 0.0189. The van der Waals surface area contributed by atoms with Crippen LogP contribution in [0.5, 0.6) is 5.75 Å². The molecule has 1 fully saturated rings. The number of ketones is 1. The van der Waals surface area contributed by atoms with Crippen LogP contribution in [0.25, 0.3) is 6.08 Å². The number of carbonyl (C=O) groups excluding carboxylic acids is 1. The minimum atomic E-state index is -0.602. The van der Waals surface area contributed by atoms with E-state index in [1.807, 2.05) is 66.7 Å². The lowest BCUT2D eigenvalue weighted by atomic mass is 9.84. The number of aliphatic hydroxyl groups excluding tert-OH is 1. The number of Topliss-reactive ketones (excluding diaryl/α,β-unsaturated/α-hetero) is 1. The van der Waals surface area contributed by atoms with Gasteiger partial charge >= 0.3 is 0 Å². The molecule has 0 bridgehead atoms. The van der Waals surface area contributed by atoms with Gasteiger partial charge in [0, 0.05) is 11.5 Å². The Bertz CT molecular complexity index is 719. The Labute approximate surface area is 149 Å². The predicted octanol–water partition coefficient (Wildman–Crippen LogP) is 4.37. The molecule has 3 heteroatoms. The van der Waals surface area contributed by atoms with Gasteiger partial charge in [0.15, 0.2) is 5.78 Å². The monoisotopic (exact) mass is 336 g/mol. The molecule has 1 aliphatic carbocycles. The maximum Gasteiger partial charge on any atom is 0.166 e. The average molecular weight is 336 g/mol. The van der Waals surface area contributed by atoms with Gasteiger partial charge in [0.05, 0.1) is 13.2 Å². The Hall–Kier alpha value is -2.39. The van der Waals surface area contributed by atoms with Crippen molar-refractivity contribution >= 4 is 11.9 Å². The highest BCUT2D eigenvalue weighted by molar-refractivity contribution is 5.98. The summed E-state index contributed by atoms with van der Waals surface area (Å²) in [6.45, 7) is 0. The molecule has 1 aliphatic rings. The first-order valence-corrected chi connectivity index (χ1v) is 8.78. The molecule has 3 atom stereocenters. The van der Waals surface area contributed by atoms with Gasteiger partial charge in [-0.3, -0.25) is 4.79 Å². The number of carbonyl (C=O) groups is 1. The summed E-state index contributed by atoms with van der Waals surface area (Å²) in [6, 6.07) is 17.1. The smallest absolute Gasteiger partial charge is 0.166 e. The second kappa shape index (κ2) is 8.13. The zero-order valence-electron chi connectivity index (χ0n) is 14.5. The van der Waals surface area contributed by atoms with E-state index < -0.39 is 6.10 Å². The molecule has 0 aromatic heterocycles. The third-order valence-corrected chi connectivity index (χ3v) is 5.00. The Kier molecular flexibility index (Phi) is 5.67. The zero-order valence-corrected chi connectivity index (χ0v) is 14.5. The van der Waals surface area contributed by atoms with Crippen molar-refractivity contribution in [2.45, 2.75) is 25.4 Å². The minimum Gasteiger partial charge on any atom is -0.497 e. The molecular weight excluding hydrogens is 312 g/mol. The molecule has 2 aromatic rings. The first-order valence-electron chi connectivity index (χ1n) is 8.78. The lowest BCUT2D eigenvalue weighted by molar-refractivity contribution is 0.0778. The van der Waals surface area contributed by atoms with E-state index in [0.717, 1.165) is 30.6 Å². The van der Waals surface area contributed by atoms with Crippen molar-refractivity contribution in [1.82, 2.24) is 0 Å². The van der Waals surface area contributed by atoms with Crippen LogP contribution in [0.1, 0.15) is 35.2 Å². The van der Waals surface area contributed by atoms with Gasteiger partial charge in [0.1, 0.15) is 5.75 Å². The van der Waals surface area contributed by atoms with Crippen molar-refractivity contribution in [3.05, 3.63) is 71.8 Å². The SMILES string of the molecule is COc1ccc(C(=O)[C@H]2CCC[C@@H]2[C@H](O)/C=C/c2ccccc2)cc1. The second-order valence-corrected chi connectivity index (χ2v) is 6.55. The van der Waals surface area contributed by atoms with E-state index in [4.69, 9.17) is 4.74 Å². The maximum absolute atomic E-state index is 12.9. The highest BCUT2D eigenvalue weighted by atomic mass is 16.5. The first kappa shape index (κ1) is 17.4. The van der Waals surface area contributed by atoms with Crippen molar-refractivity contribution < 1.29 is 14.6 Å². The lowest BCUT2D eigenvalue weighted by Crippen LogP contribution is -2.27. The fraction of sp³-hybridized carbons (Fsp3) is 0.318. The van der Waals surface area contributed by atoms with Crippen molar-refractivity contribution in [3.8, 4) is 5.75 Å². The number of benzene rings is 2. The number of aliphatic hydroxyl groups is 1. The summed E-state index contributed by atoms with van der Waals surface area (Å²) in [4.78, 5) is 12.9. The Morgan fingerprint density at radius 1 is 1.12 bits per heavy atom. The molecular formula is C22H24O3. The molecule has 25 heavy (non-hydrogen) atoms. The Morgan fingerprint density at radius 3 is 2.52 bits per heavy atom. The van der Waals surface area contributed by atoms with E-state index in [-0.39, 0.29) is 17.6 Å². The number of rotatable bonds is 6. The lowest BCUT2D eigenvalue weighted by Gasteiger charge is -2.22. The quantitative estimate of drug-likeness (QED) is 0.797. The van der Waals surface area contributed by atoms with Crippen LogP contribution >= 0.6 is 0 Å². The van der Waals surface area contributed by atoms with Gasteiger partial charge in [0.2, 0.25) is 0 Å². The maximum atomic E-state index is 12.9. The van der Waals surface area contributed by atoms with Crippen molar-refractivity contribution in [1.29, 1.82) is 0 Å². The molecule has 0 spiro atoms. The van der Waals surface area contributed by atoms with Gasteiger partial charge < -0.3 is 9.84 Å². The van der Waals surface area contributed by atoms with Crippen LogP contribution in [0.2, 0.25) is 0 Å². The Morgan fingerprint density at radius 2 is 1.84 bits per heavy atom. The number of hydrogen-bond donors (Lipinski definition) is 1. The van der Waals surface area contributed by atoms with Crippen LogP contribution in [0.3, 0.4) is 0 Å². The highest BCUT2D eigenvalue weighted by Gasteiger charge is 2.36. The molecule has 3 nitrogen and oxygen atoms in total. The predicted molar refractivity (Wildman–Crippen MR) is 99.6 cm³/mol. The van der Waals surface area contributed by atoms with Gasteiger partial charge in [-0.2, -0.15) is 0 Å². The number of ether oxygens (including phenoxy) is 1. The third kappa shape index (κ3) is 4.18. The summed E-state index contributed by atoms with van der Waals surface area (Å²) < 4.78 is 5.15. The molecule has 0 unspecified atom stereocenters. The van der Waals surface area contributed by atoms with Gasteiger partial charge in [-0.25, -0.2) is 0 Å². The van der Waals surface area contributed by atoms with E-state index >= 15 is 0 Å². The van der Waals surface area contributed by atoms with E-state index in [9.17, 15) is 9.90 Å². The van der Waals surface area contributed by atoms with Crippen LogP contribution < -0.4 is 4.74 Å². The summed E-state index contributed by atoms with van der Waals surface area (Å²) in [5.74, 6) is 0.723. The van der Waals surface area contributed by atoms with Crippen LogP contribution in [-0.4, -0.2) is 24.1 Å². The summed E-state index contributed by atoms with van der Waals surface area (Å²) in [6.07, 6.45) is 5.85. The normalized spacial score (nSPS) is 21.4. The molecule has 0 saturated heterocycles. The molecule has 1 saturated carbocycles. The van der Waals surface area contributed by atoms with Crippen molar-refractivity contribution in [3.63, 3.8) is 0 Å².